The Labute approximate surface area is 79.8 Å². The molecule has 1 saturated heterocycles. The van der Waals surface area contributed by atoms with E-state index in [1.165, 1.54) is 0 Å². The zero-order valence-corrected chi connectivity index (χ0v) is 8.79. The summed E-state index contributed by atoms with van der Waals surface area (Å²) in [5, 5.41) is 4.56. The average molecular weight is 183 g/mol. The van der Waals surface area contributed by atoms with Crippen LogP contribution in [0.4, 0.5) is 0 Å². The van der Waals surface area contributed by atoms with E-state index in [-0.39, 0.29) is 0 Å². The molecule has 1 fully saturated rings. The topological polar surface area (TPSA) is 24.6 Å². The first-order valence-corrected chi connectivity index (χ1v) is 5.09. The van der Waals surface area contributed by atoms with Crippen LogP contribution < -0.4 is 0 Å². The van der Waals surface area contributed by atoms with Gasteiger partial charge in [0.15, 0.2) is 6.54 Å². The van der Waals surface area contributed by atoms with Crippen molar-refractivity contribution in [1.82, 2.24) is 0 Å². The largest absolute Gasteiger partial charge is 0.367 e. The number of azo groups is 2. The van der Waals surface area contributed by atoms with E-state index >= 15 is 0 Å². The lowest BCUT2D eigenvalue weighted by Gasteiger charge is -2.24. The van der Waals surface area contributed by atoms with Gasteiger partial charge in [-0.15, -0.1) is 4.70 Å². The number of hydrogen-bond donors (Lipinski definition) is 0. The van der Waals surface area contributed by atoms with Crippen LogP contribution >= 0.6 is 0 Å². The molecule has 3 nitrogen and oxygen atoms in total. The standard InChI is InChI=1S/C10H19N2O/c1-10(2,3)8-4-11-12(5-8)9-6-13-7-9/h8-9H,4-7H2,1-3H3/q+1. The summed E-state index contributed by atoms with van der Waals surface area (Å²) in [7, 11) is 0. The third kappa shape index (κ3) is 1.75. The van der Waals surface area contributed by atoms with Crippen molar-refractivity contribution in [1.29, 1.82) is 0 Å². The van der Waals surface area contributed by atoms with Crippen LogP contribution in [0.25, 0.3) is 0 Å². The van der Waals surface area contributed by atoms with Gasteiger partial charge in [-0.3, -0.25) is 0 Å². The van der Waals surface area contributed by atoms with Gasteiger partial charge in [-0.25, -0.2) is 0 Å². The van der Waals surface area contributed by atoms with Crippen LogP contribution in [0.5, 0.6) is 0 Å². The molecule has 1 atom stereocenters. The van der Waals surface area contributed by atoms with Crippen molar-refractivity contribution in [2.75, 3.05) is 26.3 Å². The quantitative estimate of drug-likeness (QED) is 0.566. The normalized spacial score (nSPS) is 30.1. The Hall–Kier alpha value is -0.440. The van der Waals surface area contributed by atoms with Crippen molar-refractivity contribution in [3.05, 3.63) is 0 Å². The SMILES string of the molecule is CC(C)(C)C1CN=[N+](C2COC2)C1. The van der Waals surface area contributed by atoms with Gasteiger partial charge in [0.2, 0.25) is 6.04 Å². The fourth-order valence-corrected chi connectivity index (χ4v) is 1.75. The molecule has 2 aliphatic heterocycles. The van der Waals surface area contributed by atoms with Crippen LogP contribution in [0.3, 0.4) is 0 Å². The number of ether oxygens (including phenoxy) is 1. The Balaban J connectivity index is 1.91. The first-order valence-electron chi connectivity index (χ1n) is 5.09. The highest BCUT2D eigenvalue weighted by atomic mass is 16.5. The highest BCUT2D eigenvalue weighted by Crippen LogP contribution is 2.30. The molecule has 2 rings (SSSR count). The van der Waals surface area contributed by atoms with Gasteiger partial charge in [0.25, 0.3) is 0 Å². The Morgan fingerprint density at radius 1 is 1.31 bits per heavy atom. The zero-order chi connectivity index (χ0) is 9.47. The summed E-state index contributed by atoms with van der Waals surface area (Å²) in [5.74, 6) is 0.716. The monoisotopic (exact) mass is 183 g/mol. The second-order valence-electron chi connectivity index (χ2n) is 5.20. The number of rotatable bonds is 1. The van der Waals surface area contributed by atoms with Crippen molar-refractivity contribution in [2.45, 2.75) is 26.8 Å². The minimum Gasteiger partial charge on any atom is -0.367 e. The molecule has 74 valence electrons. The van der Waals surface area contributed by atoms with E-state index in [0.717, 1.165) is 26.3 Å². The fraction of sp³-hybridized carbons (Fsp3) is 1.00. The van der Waals surface area contributed by atoms with Crippen molar-refractivity contribution in [2.24, 2.45) is 16.4 Å². The van der Waals surface area contributed by atoms with Gasteiger partial charge < -0.3 is 4.74 Å². The van der Waals surface area contributed by atoms with Gasteiger partial charge in [-0.2, -0.15) is 0 Å². The minimum atomic E-state index is 0.392. The highest BCUT2D eigenvalue weighted by Gasteiger charge is 2.40. The maximum Gasteiger partial charge on any atom is 0.223 e. The summed E-state index contributed by atoms with van der Waals surface area (Å²) in [6, 6.07) is 0.576. The van der Waals surface area contributed by atoms with E-state index in [1.807, 2.05) is 0 Å². The predicted octanol–water partition coefficient (Wildman–Crippen LogP) is 1.53. The van der Waals surface area contributed by atoms with Crippen LogP contribution in [-0.4, -0.2) is 37.0 Å². The van der Waals surface area contributed by atoms with Gasteiger partial charge in [-0.05, 0) is 10.5 Å². The van der Waals surface area contributed by atoms with Gasteiger partial charge >= 0.3 is 0 Å². The Bertz CT molecular complexity index is 226. The Morgan fingerprint density at radius 2 is 2.00 bits per heavy atom. The first kappa shape index (κ1) is 9.13. The molecular formula is C10H19N2O+. The molecule has 2 aliphatic rings. The molecule has 0 aromatic rings. The van der Waals surface area contributed by atoms with E-state index in [4.69, 9.17) is 4.74 Å². The molecule has 0 amide bonds. The summed E-state index contributed by atoms with van der Waals surface area (Å²) in [5.41, 5.74) is 0.392. The van der Waals surface area contributed by atoms with Gasteiger partial charge in [-0.1, -0.05) is 20.8 Å². The highest BCUT2D eigenvalue weighted by molar-refractivity contribution is 4.77. The summed E-state index contributed by atoms with van der Waals surface area (Å²) < 4.78 is 7.40. The van der Waals surface area contributed by atoms with Gasteiger partial charge in [0.05, 0.1) is 5.92 Å². The minimum absolute atomic E-state index is 0.392. The van der Waals surface area contributed by atoms with Crippen molar-refractivity contribution in [3.63, 3.8) is 0 Å². The lowest BCUT2D eigenvalue weighted by Crippen LogP contribution is -2.43. The third-order valence-corrected chi connectivity index (χ3v) is 3.16. The van der Waals surface area contributed by atoms with Gasteiger partial charge in [0.1, 0.15) is 19.8 Å². The lowest BCUT2D eigenvalue weighted by molar-refractivity contribution is -0.641. The van der Waals surface area contributed by atoms with E-state index in [1.54, 1.807) is 0 Å². The molecule has 0 aliphatic carbocycles. The smallest absolute Gasteiger partial charge is 0.223 e. The van der Waals surface area contributed by atoms with Crippen LogP contribution in [0.15, 0.2) is 5.11 Å². The third-order valence-electron chi connectivity index (χ3n) is 3.16. The van der Waals surface area contributed by atoms with Crippen LogP contribution in [0.1, 0.15) is 20.8 Å². The summed E-state index contributed by atoms with van der Waals surface area (Å²) in [4.78, 5) is 0. The number of nitrogens with zero attached hydrogens (tertiary/aromatic N) is 2. The second-order valence-corrected chi connectivity index (χ2v) is 5.20. The fourth-order valence-electron chi connectivity index (χ4n) is 1.75. The molecule has 1 unspecified atom stereocenters. The van der Waals surface area contributed by atoms with Crippen LogP contribution in [0, 0.1) is 11.3 Å². The van der Waals surface area contributed by atoms with Crippen molar-refractivity contribution in [3.8, 4) is 0 Å². The van der Waals surface area contributed by atoms with E-state index in [2.05, 4.69) is 30.6 Å². The molecule has 13 heavy (non-hydrogen) atoms. The zero-order valence-electron chi connectivity index (χ0n) is 8.79. The lowest BCUT2D eigenvalue weighted by atomic mass is 9.81. The van der Waals surface area contributed by atoms with Crippen LogP contribution in [0.2, 0.25) is 0 Å². The molecule has 3 heteroatoms. The Kier molecular flexibility index (Phi) is 2.14. The molecule has 0 aromatic heterocycles. The molecule has 2 heterocycles. The van der Waals surface area contributed by atoms with Crippen molar-refractivity contribution < 1.29 is 9.43 Å². The van der Waals surface area contributed by atoms with Crippen molar-refractivity contribution >= 4 is 0 Å². The van der Waals surface area contributed by atoms with E-state index in [0.29, 0.717) is 17.4 Å². The number of hydrogen-bond acceptors (Lipinski definition) is 2. The molecule has 0 N–H and O–H groups in total. The average Bonchev–Trinajstić information content (AvgIpc) is 2.29. The summed E-state index contributed by atoms with van der Waals surface area (Å²) in [6.07, 6.45) is 0. The van der Waals surface area contributed by atoms with Gasteiger partial charge in [0, 0.05) is 0 Å². The molecule has 0 saturated carbocycles. The van der Waals surface area contributed by atoms with E-state index < -0.39 is 0 Å². The van der Waals surface area contributed by atoms with Crippen LogP contribution in [-0.2, 0) is 4.74 Å². The van der Waals surface area contributed by atoms with E-state index in [9.17, 15) is 0 Å². The summed E-state index contributed by atoms with van der Waals surface area (Å²) in [6.45, 7) is 10.8. The molecule has 0 spiro atoms. The maximum atomic E-state index is 5.17. The molecular weight excluding hydrogens is 164 g/mol. The summed E-state index contributed by atoms with van der Waals surface area (Å²) >= 11 is 0. The maximum absolute atomic E-state index is 5.17. The Morgan fingerprint density at radius 3 is 2.38 bits per heavy atom. The molecule has 0 bridgehead atoms. The predicted molar refractivity (Wildman–Crippen MR) is 50.0 cm³/mol. The second kappa shape index (κ2) is 3.05. The molecule has 0 aromatic carbocycles. The first-order chi connectivity index (χ1) is 6.07. The molecule has 0 radical (unpaired) electrons.